The number of ether oxygens (including phenoxy) is 1. The van der Waals surface area contributed by atoms with E-state index in [4.69, 9.17) is 10.6 Å². The minimum Gasteiger partial charge on any atom is -0.433 e. The van der Waals surface area contributed by atoms with Gasteiger partial charge in [-0.05, 0) is 25.5 Å². The van der Waals surface area contributed by atoms with Gasteiger partial charge >= 0.3 is 11.6 Å². The van der Waals surface area contributed by atoms with Crippen LogP contribution in [0.4, 0.5) is 11.6 Å². The van der Waals surface area contributed by atoms with Crippen LogP contribution in [0, 0.1) is 24.0 Å². The summed E-state index contributed by atoms with van der Waals surface area (Å²) in [6.45, 7) is 3.79. The molecule has 104 valence electrons. The van der Waals surface area contributed by atoms with Crippen LogP contribution < -0.4 is 16.0 Å². The molecule has 2 aromatic rings. The van der Waals surface area contributed by atoms with Gasteiger partial charge in [-0.1, -0.05) is 17.7 Å². The summed E-state index contributed by atoms with van der Waals surface area (Å²) in [4.78, 5) is 17.9. The van der Waals surface area contributed by atoms with E-state index in [9.17, 15) is 10.1 Å². The number of nitrogens with zero attached hydrogens (tertiary/aromatic N) is 3. The van der Waals surface area contributed by atoms with E-state index in [-0.39, 0.29) is 17.5 Å². The summed E-state index contributed by atoms with van der Waals surface area (Å²) in [5.74, 6) is 5.55. The van der Waals surface area contributed by atoms with Gasteiger partial charge in [-0.25, -0.2) is 10.8 Å². The molecule has 8 nitrogen and oxygen atoms in total. The Hall–Kier alpha value is -2.74. The van der Waals surface area contributed by atoms with Crippen LogP contribution in [0.5, 0.6) is 11.6 Å². The topological polar surface area (TPSA) is 116 Å². The number of benzene rings is 1. The number of hydrazine groups is 1. The van der Waals surface area contributed by atoms with Crippen LogP contribution in [0.2, 0.25) is 0 Å². The van der Waals surface area contributed by atoms with E-state index < -0.39 is 4.92 Å². The molecule has 8 heteroatoms. The predicted molar refractivity (Wildman–Crippen MR) is 72.5 cm³/mol. The van der Waals surface area contributed by atoms with Crippen LogP contribution >= 0.6 is 0 Å². The summed E-state index contributed by atoms with van der Waals surface area (Å²) in [7, 11) is 0. The highest BCUT2D eigenvalue weighted by atomic mass is 16.6. The first-order valence-electron chi connectivity index (χ1n) is 5.74. The first-order valence-corrected chi connectivity index (χ1v) is 5.74. The van der Waals surface area contributed by atoms with Crippen molar-refractivity contribution >= 4 is 11.6 Å². The summed E-state index contributed by atoms with van der Waals surface area (Å²) >= 11 is 0. The fourth-order valence-corrected chi connectivity index (χ4v) is 1.65. The highest BCUT2D eigenvalue weighted by molar-refractivity contribution is 5.46. The highest BCUT2D eigenvalue weighted by Crippen LogP contribution is 2.31. The van der Waals surface area contributed by atoms with Crippen LogP contribution in [0.15, 0.2) is 24.4 Å². The summed E-state index contributed by atoms with van der Waals surface area (Å²) in [5, 5.41) is 10.9. The predicted octanol–water partition coefficient (Wildman–Crippen LogP) is 2.08. The Kier molecular flexibility index (Phi) is 3.76. The van der Waals surface area contributed by atoms with Gasteiger partial charge in [0.1, 0.15) is 11.9 Å². The zero-order valence-electron chi connectivity index (χ0n) is 11.0. The standard InChI is InChI=1S/C12H13N5O3/c1-7-3-4-10(8(2)5-7)20-11-9(17(18)19)6-14-12(15-11)16-13/h3-6H,13H2,1-2H3,(H,14,15,16). The molecule has 0 bridgehead atoms. The second-order valence-corrected chi connectivity index (χ2v) is 4.16. The van der Waals surface area contributed by atoms with E-state index in [0.29, 0.717) is 5.75 Å². The number of rotatable bonds is 4. The molecule has 0 amide bonds. The number of nitrogens with two attached hydrogens (primary N) is 1. The number of hydrogen-bond donors (Lipinski definition) is 2. The number of anilines is 1. The van der Waals surface area contributed by atoms with Gasteiger partial charge < -0.3 is 4.74 Å². The van der Waals surface area contributed by atoms with Gasteiger partial charge in [0.05, 0.1) is 4.92 Å². The number of aromatic nitrogens is 2. The lowest BCUT2D eigenvalue weighted by Crippen LogP contribution is -2.11. The van der Waals surface area contributed by atoms with E-state index in [0.717, 1.165) is 17.3 Å². The maximum Gasteiger partial charge on any atom is 0.349 e. The van der Waals surface area contributed by atoms with Gasteiger partial charge in [-0.15, -0.1) is 0 Å². The average molecular weight is 275 g/mol. The minimum atomic E-state index is -0.612. The molecule has 0 atom stereocenters. The second kappa shape index (κ2) is 5.49. The van der Waals surface area contributed by atoms with Crippen molar-refractivity contribution < 1.29 is 9.66 Å². The van der Waals surface area contributed by atoms with Crippen molar-refractivity contribution in [3.05, 3.63) is 45.6 Å². The SMILES string of the molecule is Cc1ccc(Oc2nc(NN)ncc2[N+](=O)[O-])c(C)c1. The number of nitrogens with one attached hydrogen (secondary N) is 1. The van der Waals surface area contributed by atoms with E-state index in [1.54, 1.807) is 6.07 Å². The van der Waals surface area contributed by atoms with E-state index in [2.05, 4.69) is 15.4 Å². The summed E-state index contributed by atoms with van der Waals surface area (Å²) in [5.41, 5.74) is 3.80. The van der Waals surface area contributed by atoms with Crippen LogP contribution in [-0.4, -0.2) is 14.9 Å². The van der Waals surface area contributed by atoms with Crippen LogP contribution in [0.3, 0.4) is 0 Å². The molecule has 0 spiro atoms. The lowest BCUT2D eigenvalue weighted by molar-refractivity contribution is -0.386. The molecule has 0 saturated heterocycles. The van der Waals surface area contributed by atoms with E-state index >= 15 is 0 Å². The van der Waals surface area contributed by atoms with Gasteiger partial charge in [-0.3, -0.25) is 15.5 Å². The number of nitrogen functional groups attached to an aromatic ring is 1. The molecule has 3 N–H and O–H groups in total. The zero-order valence-corrected chi connectivity index (χ0v) is 11.0. The maximum atomic E-state index is 10.9. The maximum absolute atomic E-state index is 10.9. The Balaban J connectivity index is 2.43. The minimum absolute atomic E-state index is 0.0374. The molecule has 0 unspecified atom stereocenters. The number of aryl methyl sites for hydroxylation is 2. The third-order valence-corrected chi connectivity index (χ3v) is 2.60. The Bertz CT molecular complexity index is 660. The molecule has 0 aliphatic rings. The van der Waals surface area contributed by atoms with E-state index in [1.807, 2.05) is 26.0 Å². The Morgan fingerprint density at radius 2 is 2.15 bits per heavy atom. The largest absolute Gasteiger partial charge is 0.433 e. The first kappa shape index (κ1) is 13.7. The normalized spacial score (nSPS) is 10.2. The van der Waals surface area contributed by atoms with E-state index in [1.165, 1.54) is 0 Å². The third-order valence-electron chi connectivity index (χ3n) is 2.60. The van der Waals surface area contributed by atoms with Crippen LogP contribution in [-0.2, 0) is 0 Å². The number of nitro groups is 1. The lowest BCUT2D eigenvalue weighted by atomic mass is 10.1. The molecular weight excluding hydrogens is 262 g/mol. The highest BCUT2D eigenvalue weighted by Gasteiger charge is 2.20. The summed E-state index contributed by atoms with van der Waals surface area (Å²) in [6, 6.07) is 5.48. The molecule has 1 heterocycles. The van der Waals surface area contributed by atoms with Crippen LogP contribution in [0.1, 0.15) is 11.1 Å². The van der Waals surface area contributed by atoms with Crippen molar-refractivity contribution in [1.29, 1.82) is 0 Å². The van der Waals surface area contributed by atoms with Crippen LogP contribution in [0.25, 0.3) is 0 Å². The first-order chi connectivity index (χ1) is 9.51. The fraction of sp³-hybridized carbons (Fsp3) is 0.167. The van der Waals surface area contributed by atoms with Gasteiger partial charge in [0.2, 0.25) is 5.95 Å². The van der Waals surface area contributed by atoms with Gasteiger partial charge in [0, 0.05) is 0 Å². The molecular formula is C12H13N5O3. The molecule has 20 heavy (non-hydrogen) atoms. The smallest absolute Gasteiger partial charge is 0.349 e. The van der Waals surface area contributed by atoms with Crippen molar-refractivity contribution in [2.45, 2.75) is 13.8 Å². The summed E-state index contributed by atoms with van der Waals surface area (Å²) in [6.07, 6.45) is 1.04. The van der Waals surface area contributed by atoms with Gasteiger partial charge in [0.25, 0.3) is 0 Å². The monoisotopic (exact) mass is 275 g/mol. The average Bonchev–Trinajstić information content (AvgIpc) is 2.41. The van der Waals surface area contributed by atoms with Gasteiger partial charge in [-0.2, -0.15) is 4.98 Å². The van der Waals surface area contributed by atoms with Gasteiger partial charge in [0.15, 0.2) is 0 Å². The molecule has 2 rings (SSSR count). The molecule has 0 aliphatic heterocycles. The molecule has 0 saturated carbocycles. The third kappa shape index (κ3) is 2.81. The molecule has 0 radical (unpaired) electrons. The lowest BCUT2D eigenvalue weighted by Gasteiger charge is -2.09. The molecule has 0 fully saturated rings. The van der Waals surface area contributed by atoms with Crippen molar-refractivity contribution in [1.82, 2.24) is 9.97 Å². The van der Waals surface area contributed by atoms with Crippen molar-refractivity contribution in [2.75, 3.05) is 5.43 Å². The molecule has 1 aromatic heterocycles. The van der Waals surface area contributed by atoms with Crippen molar-refractivity contribution in [2.24, 2.45) is 5.84 Å². The van der Waals surface area contributed by atoms with Crippen molar-refractivity contribution in [3.63, 3.8) is 0 Å². The summed E-state index contributed by atoms with van der Waals surface area (Å²) < 4.78 is 5.51. The molecule has 0 aliphatic carbocycles. The van der Waals surface area contributed by atoms with Crippen molar-refractivity contribution in [3.8, 4) is 11.6 Å². The second-order valence-electron chi connectivity index (χ2n) is 4.16. The fourth-order valence-electron chi connectivity index (χ4n) is 1.65. The Morgan fingerprint density at radius 3 is 2.75 bits per heavy atom. The molecule has 1 aromatic carbocycles. The number of hydrogen-bond acceptors (Lipinski definition) is 7. The quantitative estimate of drug-likeness (QED) is 0.498. The Labute approximate surface area is 114 Å². The Morgan fingerprint density at radius 1 is 1.40 bits per heavy atom. The zero-order chi connectivity index (χ0) is 14.7.